The van der Waals surface area contributed by atoms with Crippen LogP contribution in [-0.2, 0) is 6.54 Å². The van der Waals surface area contributed by atoms with Crippen LogP contribution >= 0.6 is 0 Å². The Balaban J connectivity index is 1.55. The molecule has 26 heavy (non-hydrogen) atoms. The second kappa shape index (κ2) is 8.51. The Hall–Kier alpha value is -2.12. The molecular formula is C19H29N5O2. The molecule has 0 aliphatic carbocycles. The third-order valence-electron chi connectivity index (χ3n) is 4.88. The van der Waals surface area contributed by atoms with E-state index >= 15 is 0 Å². The fraction of sp³-hybridized carbons (Fsp3) is 0.579. The number of fused-ring (bicyclic) bond motifs is 1. The molecule has 2 amide bonds. The molecule has 0 unspecified atom stereocenters. The first-order chi connectivity index (χ1) is 12.6. The fourth-order valence-electron chi connectivity index (χ4n) is 3.59. The molecule has 2 heterocycles. The van der Waals surface area contributed by atoms with Crippen molar-refractivity contribution in [2.24, 2.45) is 5.92 Å². The van der Waals surface area contributed by atoms with E-state index in [-0.39, 0.29) is 18.7 Å². The molecule has 1 aromatic heterocycles. The van der Waals surface area contributed by atoms with Gasteiger partial charge in [0.2, 0.25) is 0 Å². The van der Waals surface area contributed by atoms with Gasteiger partial charge in [-0.2, -0.15) is 0 Å². The molecule has 1 fully saturated rings. The van der Waals surface area contributed by atoms with E-state index < -0.39 is 0 Å². The maximum atomic E-state index is 12.6. The van der Waals surface area contributed by atoms with Crippen LogP contribution < -0.4 is 5.32 Å². The lowest BCUT2D eigenvalue weighted by atomic mass is 10.1. The largest absolute Gasteiger partial charge is 0.396 e. The lowest BCUT2D eigenvalue weighted by Crippen LogP contribution is -2.57. The number of carbonyl (C=O) groups excluding carboxylic acids is 1. The standard InChI is InChI=1S/C19H29N5O2/c1-14(2)11-23-6-7-24(12-16(23)5-8-25)19(26)20-10-15-3-4-17-18(9-15)22-13-21-17/h3-4,9,13-14,16,25H,5-8,10-12H2,1-2H3,(H,20,26)(H,21,22)/t16-/m1/s1. The maximum Gasteiger partial charge on any atom is 0.317 e. The number of rotatable bonds is 6. The number of aliphatic hydroxyl groups is 1. The van der Waals surface area contributed by atoms with Gasteiger partial charge in [-0.15, -0.1) is 0 Å². The molecule has 2 aromatic rings. The van der Waals surface area contributed by atoms with Gasteiger partial charge >= 0.3 is 6.03 Å². The van der Waals surface area contributed by atoms with Gasteiger partial charge in [0.25, 0.3) is 0 Å². The Morgan fingerprint density at radius 3 is 3.04 bits per heavy atom. The van der Waals surface area contributed by atoms with Crippen molar-refractivity contribution in [3.63, 3.8) is 0 Å². The van der Waals surface area contributed by atoms with Gasteiger partial charge < -0.3 is 20.3 Å². The smallest absolute Gasteiger partial charge is 0.317 e. The minimum absolute atomic E-state index is 0.0400. The van der Waals surface area contributed by atoms with Crippen LogP contribution in [0, 0.1) is 5.92 Å². The summed E-state index contributed by atoms with van der Waals surface area (Å²) in [6.07, 6.45) is 2.37. The lowest BCUT2D eigenvalue weighted by Gasteiger charge is -2.42. The van der Waals surface area contributed by atoms with E-state index in [4.69, 9.17) is 0 Å². The lowest BCUT2D eigenvalue weighted by molar-refractivity contribution is 0.0654. The van der Waals surface area contributed by atoms with Crippen molar-refractivity contribution < 1.29 is 9.90 Å². The quantitative estimate of drug-likeness (QED) is 0.734. The highest BCUT2D eigenvalue weighted by molar-refractivity contribution is 5.76. The number of hydrogen-bond donors (Lipinski definition) is 3. The van der Waals surface area contributed by atoms with Crippen LogP contribution in [0.15, 0.2) is 24.5 Å². The van der Waals surface area contributed by atoms with Crippen LogP contribution in [0.4, 0.5) is 4.79 Å². The predicted octanol–water partition coefficient (Wildman–Crippen LogP) is 1.80. The summed E-state index contributed by atoms with van der Waals surface area (Å²) in [5, 5.41) is 12.4. The molecule has 1 aliphatic heterocycles. The van der Waals surface area contributed by atoms with Gasteiger partial charge in [0.15, 0.2) is 0 Å². The van der Waals surface area contributed by atoms with Crippen molar-refractivity contribution >= 4 is 17.1 Å². The average molecular weight is 359 g/mol. The van der Waals surface area contributed by atoms with Crippen LogP contribution in [0.25, 0.3) is 11.0 Å². The van der Waals surface area contributed by atoms with E-state index in [1.54, 1.807) is 6.33 Å². The second-order valence-electron chi connectivity index (χ2n) is 7.41. The minimum atomic E-state index is -0.0400. The molecule has 0 radical (unpaired) electrons. The normalized spacial score (nSPS) is 18.6. The van der Waals surface area contributed by atoms with E-state index in [1.807, 2.05) is 23.1 Å². The summed E-state index contributed by atoms with van der Waals surface area (Å²) >= 11 is 0. The highest BCUT2D eigenvalue weighted by Gasteiger charge is 2.29. The molecule has 7 nitrogen and oxygen atoms in total. The number of aliphatic hydroxyl groups excluding tert-OH is 1. The first-order valence-corrected chi connectivity index (χ1v) is 9.36. The molecule has 1 atom stereocenters. The average Bonchev–Trinajstić information content (AvgIpc) is 3.08. The number of nitrogens with zero attached hydrogens (tertiary/aromatic N) is 3. The molecule has 7 heteroatoms. The minimum Gasteiger partial charge on any atom is -0.396 e. The highest BCUT2D eigenvalue weighted by atomic mass is 16.3. The Labute approximate surface area is 154 Å². The first kappa shape index (κ1) is 18.7. The Morgan fingerprint density at radius 2 is 2.27 bits per heavy atom. The third-order valence-corrected chi connectivity index (χ3v) is 4.88. The first-order valence-electron chi connectivity index (χ1n) is 9.36. The molecule has 1 aromatic carbocycles. The number of benzene rings is 1. The zero-order chi connectivity index (χ0) is 18.5. The number of carbonyl (C=O) groups is 1. The van der Waals surface area contributed by atoms with Gasteiger partial charge in [-0.25, -0.2) is 9.78 Å². The van der Waals surface area contributed by atoms with Crippen LogP contribution in [-0.4, -0.2) is 69.7 Å². The third kappa shape index (κ3) is 4.53. The zero-order valence-corrected chi connectivity index (χ0v) is 15.6. The van der Waals surface area contributed by atoms with Gasteiger partial charge in [-0.3, -0.25) is 4.90 Å². The van der Waals surface area contributed by atoms with Crippen LogP contribution in [0.2, 0.25) is 0 Å². The molecule has 0 bridgehead atoms. The Bertz CT molecular complexity index is 730. The molecule has 0 spiro atoms. The number of amides is 2. The summed E-state index contributed by atoms with van der Waals surface area (Å²) in [6, 6.07) is 6.14. The highest BCUT2D eigenvalue weighted by Crippen LogP contribution is 2.16. The van der Waals surface area contributed by atoms with Crippen LogP contribution in [0.1, 0.15) is 25.8 Å². The number of aromatic amines is 1. The van der Waals surface area contributed by atoms with Gasteiger partial charge in [-0.05, 0) is 30.0 Å². The van der Waals surface area contributed by atoms with Crippen molar-refractivity contribution in [2.45, 2.75) is 32.9 Å². The molecule has 1 aliphatic rings. The topological polar surface area (TPSA) is 84.5 Å². The van der Waals surface area contributed by atoms with Gasteiger partial charge in [-0.1, -0.05) is 19.9 Å². The molecule has 1 saturated heterocycles. The summed E-state index contributed by atoms with van der Waals surface area (Å²) in [6.45, 7) is 8.29. The molecule has 3 rings (SSSR count). The molecule has 0 saturated carbocycles. The van der Waals surface area contributed by atoms with E-state index in [9.17, 15) is 9.90 Å². The molecular weight excluding hydrogens is 330 g/mol. The van der Waals surface area contributed by atoms with Crippen molar-refractivity contribution in [2.75, 3.05) is 32.8 Å². The number of piperazine rings is 1. The van der Waals surface area contributed by atoms with E-state index in [2.05, 4.69) is 34.0 Å². The summed E-state index contributed by atoms with van der Waals surface area (Å²) in [5.41, 5.74) is 2.94. The van der Waals surface area contributed by atoms with Crippen molar-refractivity contribution in [1.82, 2.24) is 25.1 Å². The molecule has 142 valence electrons. The van der Waals surface area contributed by atoms with Crippen LogP contribution in [0.3, 0.4) is 0 Å². The number of hydrogen-bond acceptors (Lipinski definition) is 4. The second-order valence-corrected chi connectivity index (χ2v) is 7.41. The predicted molar refractivity (Wildman–Crippen MR) is 102 cm³/mol. The Kier molecular flexibility index (Phi) is 6.11. The number of urea groups is 1. The van der Waals surface area contributed by atoms with E-state index in [0.29, 0.717) is 25.4 Å². The zero-order valence-electron chi connectivity index (χ0n) is 15.6. The SMILES string of the molecule is CC(C)CN1CCN(C(=O)NCc2ccc3nc[nH]c3c2)C[C@H]1CCO. The van der Waals surface area contributed by atoms with Crippen LogP contribution in [0.5, 0.6) is 0 Å². The van der Waals surface area contributed by atoms with E-state index in [1.165, 1.54) is 0 Å². The molecule has 3 N–H and O–H groups in total. The monoisotopic (exact) mass is 359 g/mol. The number of H-pyrrole nitrogens is 1. The van der Waals surface area contributed by atoms with Crippen molar-refractivity contribution in [3.05, 3.63) is 30.1 Å². The van der Waals surface area contributed by atoms with E-state index in [0.717, 1.165) is 36.2 Å². The Morgan fingerprint density at radius 1 is 1.42 bits per heavy atom. The van der Waals surface area contributed by atoms with Crippen molar-refractivity contribution in [3.8, 4) is 0 Å². The number of imidazole rings is 1. The number of nitrogens with one attached hydrogen (secondary N) is 2. The van der Waals surface area contributed by atoms with Gasteiger partial charge in [0.1, 0.15) is 0 Å². The summed E-state index contributed by atoms with van der Waals surface area (Å²) < 4.78 is 0. The van der Waals surface area contributed by atoms with Crippen molar-refractivity contribution in [1.29, 1.82) is 0 Å². The van der Waals surface area contributed by atoms with Gasteiger partial charge in [0, 0.05) is 45.4 Å². The summed E-state index contributed by atoms with van der Waals surface area (Å²) in [4.78, 5) is 24.1. The van der Waals surface area contributed by atoms with Gasteiger partial charge in [0.05, 0.1) is 17.4 Å². The number of aromatic nitrogens is 2. The summed E-state index contributed by atoms with van der Waals surface area (Å²) in [5.74, 6) is 0.578. The maximum absolute atomic E-state index is 12.6. The summed E-state index contributed by atoms with van der Waals surface area (Å²) in [7, 11) is 0. The fourth-order valence-corrected chi connectivity index (χ4v) is 3.59.